The van der Waals surface area contributed by atoms with Crippen molar-refractivity contribution in [2.24, 2.45) is 5.92 Å². The summed E-state index contributed by atoms with van der Waals surface area (Å²) in [5, 5.41) is 0. The molecule has 9 heavy (non-hydrogen) atoms. The molecule has 0 aliphatic carbocycles. The van der Waals surface area contributed by atoms with Crippen molar-refractivity contribution in [2.75, 3.05) is 0 Å². The lowest BCUT2D eigenvalue weighted by Gasteiger charge is -2.07. The van der Waals surface area contributed by atoms with Crippen LogP contribution in [0.15, 0.2) is 0 Å². The molecule has 0 spiro atoms. The summed E-state index contributed by atoms with van der Waals surface area (Å²) < 4.78 is 0. The van der Waals surface area contributed by atoms with Gasteiger partial charge in [0.05, 0.1) is 0 Å². The summed E-state index contributed by atoms with van der Waals surface area (Å²) in [6.45, 7) is 6.41. The van der Waals surface area contributed by atoms with Crippen molar-refractivity contribution < 1.29 is 4.79 Å². The van der Waals surface area contributed by atoms with E-state index in [1.165, 1.54) is 0 Å². The van der Waals surface area contributed by atoms with E-state index in [1.807, 2.05) is 20.8 Å². The first-order valence-electron chi connectivity index (χ1n) is 3.24. The maximum atomic E-state index is 11.0. The highest BCUT2D eigenvalue weighted by Crippen LogP contribution is 2.10. The minimum absolute atomic E-state index is 0.119. The molecule has 1 atom stereocenters. The highest BCUT2D eigenvalue weighted by atomic mass is 32.1. The largest absolute Gasteiger partial charge is 0.300 e. The molecule has 0 aromatic carbocycles. The molecular weight excluding hydrogens is 131 g/mol. The number of carbonyl (C=O) groups is 1. The smallest absolute Gasteiger partial charge is 0.198 e. The SMILES string of the molecule is CC(C)C(=O)C(C)BS. The number of hydrogen-bond donors (Lipinski definition) is 1. The van der Waals surface area contributed by atoms with E-state index in [1.54, 1.807) is 0 Å². The molecule has 0 aliphatic heterocycles. The Bertz CT molecular complexity index is 103. The average molecular weight is 144 g/mol. The second kappa shape index (κ2) is 3.99. The first-order chi connectivity index (χ1) is 4.09. The summed E-state index contributed by atoms with van der Waals surface area (Å²) in [6.07, 6.45) is 0. The summed E-state index contributed by atoms with van der Waals surface area (Å²) in [5.41, 5.74) is 0. The zero-order chi connectivity index (χ0) is 7.44. The van der Waals surface area contributed by atoms with Crippen molar-refractivity contribution in [3.8, 4) is 0 Å². The first kappa shape index (κ1) is 9.08. The predicted octanol–water partition coefficient (Wildman–Crippen LogP) is 1.30. The van der Waals surface area contributed by atoms with Crippen molar-refractivity contribution in [3.63, 3.8) is 0 Å². The van der Waals surface area contributed by atoms with Gasteiger partial charge in [-0.2, -0.15) is 0 Å². The van der Waals surface area contributed by atoms with Gasteiger partial charge >= 0.3 is 0 Å². The minimum atomic E-state index is 0.119. The van der Waals surface area contributed by atoms with E-state index < -0.39 is 0 Å². The Balaban J connectivity index is 3.73. The fraction of sp³-hybridized carbons (Fsp3) is 0.833. The van der Waals surface area contributed by atoms with E-state index in [0.717, 1.165) is 0 Å². The number of rotatable bonds is 3. The Morgan fingerprint density at radius 2 is 1.89 bits per heavy atom. The molecule has 1 unspecified atom stereocenters. The van der Waals surface area contributed by atoms with Crippen LogP contribution < -0.4 is 0 Å². The van der Waals surface area contributed by atoms with E-state index in [4.69, 9.17) is 0 Å². The third-order valence-electron chi connectivity index (χ3n) is 1.33. The third kappa shape index (κ3) is 2.94. The van der Waals surface area contributed by atoms with Crippen LogP contribution in [0.25, 0.3) is 0 Å². The van der Waals surface area contributed by atoms with E-state index in [0.29, 0.717) is 12.3 Å². The van der Waals surface area contributed by atoms with E-state index in [2.05, 4.69) is 12.5 Å². The van der Waals surface area contributed by atoms with Crippen LogP contribution in [0.1, 0.15) is 20.8 Å². The minimum Gasteiger partial charge on any atom is -0.300 e. The lowest BCUT2D eigenvalue weighted by Crippen LogP contribution is -2.14. The zero-order valence-electron chi connectivity index (χ0n) is 6.22. The van der Waals surface area contributed by atoms with E-state index >= 15 is 0 Å². The van der Waals surface area contributed by atoms with Crippen molar-refractivity contribution in [1.82, 2.24) is 0 Å². The van der Waals surface area contributed by atoms with Gasteiger partial charge in [0, 0.05) is 11.7 Å². The molecule has 3 heteroatoms. The van der Waals surface area contributed by atoms with Gasteiger partial charge in [-0.15, -0.1) is 0 Å². The standard InChI is InChI=1S/C6H13BOS/c1-4(2)6(8)5(3)7-9/h4-5,7,9H,1-3H3. The fourth-order valence-electron chi connectivity index (χ4n) is 0.659. The van der Waals surface area contributed by atoms with Crippen LogP contribution in [-0.2, 0) is 4.79 Å². The summed E-state index contributed by atoms with van der Waals surface area (Å²) in [7, 11) is 0. The van der Waals surface area contributed by atoms with Crippen LogP contribution >= 0.6 is 12.5 Å². The normalized spacial score (nSPS) is 13.4. The first-order valence-corrected chi connectivity index (χ1v) is 3.87. The Labute approximate surface area is 62.8 Å². The van der Waals surface area contributed by atoms with Crippen LogP contribution in [0.2, 0.25) is 5.82 Å². The number of thiol groups is 1. The quantitative estimate of drug-likeness (QED) is 0.466. The molecule has 0 aromatic rings. The molecule has 0 saturated heterocycles. The Kier molecular flexibility index (Phi) is 4.03. The van der Waals surface area contributed by atoms with Crippen molar-refractivity contribution in [2.45, 2.75) is 26.6 Å². The second-order valence-corrected chi connectivity index (χ2v) is 3.01. The summed E-state index contributed by atoms with van der Waals surface area (Å²) in [6, 6.07) is 0. The van der Waals surface area contributed by atoms with Crippen molar-refractivity contribution >= 4 is 24.8 Å². The molecular formula is C6H13BOS. The molecule has 0 amide bonds. The Morgan fingerprint density at radius 1 is 1.44 bits per heavy atom. The molecule has 52 valence electrons. The molecule has 0 fully saturated rings. The maximum Gasteiger partial charge on any atom is 0.198 e. The van der Waals surface area contributed by atoms with E-state index in [9.17, 15) is 4.79 Å². The number of Topliss-reactive ketones (excluding diaryl/α,β-unsaturated/α-hetero) is 1. The molecule has 1 nitrogen and oxygen atoms in total. The highest BCUT2D eigenvalue weighted by molar-refractivity contribution is 8.07. The van der Waals surface area contributed by atoms with E-state index in [-0.39, 0.29) is 11.7 Å². The number of carbonyl (C=O) groups excluding carboxylic acids is 1. The molecule has 0 aromatic heterocycles. The Hall–Kier alpha value is 0.0849. The second-order valence-electron chi connectivity index (χ2n) is 2.64. The maximum absolute atomic E-state index is 11.0. The van der Waals surface area contributed by atoms with Crippen LogP contribution in [-0.4, -0.2) is 12.3 Å². The molecule has 0 rings (SSSR count). The van der Waals surface area contributed by atoms with Crippen LogP contribution in [0.3, 0.4) is 0 Å². The highest BCUT2D eigenvalue weighted by Gasteiger charge is 2.14. The van der Waals surface area contributed by atoms with Gasteiger partial charge in [-0.25, -0.2) is 12.5 Å². The van der Waals surface area contributed by atoms with Gasteiger partial charge < -0.3 is 0 Å². The fourth-order valence-corrected chi connectivity index (χ4v) is 0.839. The average Bonchev–Trinajstić information content (AvgIpc) is 1.84. The van der Waals surface area contributed by atoms with Gasteiger partial charge in [0.25, 0.3) is 0 Å². The molecule has 0 aliphatic rings. The number of hydrogen-bond acceptors (Lipinski definition) is 2. The lowest BCUT2D eigenvalue weighted by atomic mass is 9.80. The summed E-state index contributed by atoms with van der Waals surface area (Å²) >= 11 is 4.03. The predicted molar refractivity (Wildman–Crippen MR) is 45.4 cm³/mol. The van der Waals surface area contributed by atoms with Gasteiger partial charge in [-0.1, -0.05) is 20.8 Å². The zero-order valence-corrected chi connectivity index (χ0v) is 7.11. The molecule has 0 saturated carbocycles. The van der Waals surface area contributed by atoms with Gasteiger partial charge in [-0.3, -0.25) is 4.79 Å². The molecule has 0 radical (unpaired) electrons. The summed E-state index contributed by atoms with van der Waals surface area (Å²) in [4.78, 5) is 11.0. The van der Waals surface area contributed by atoms with Crippen molar-refractivity contribution in [1.29, 1.82) is 0 Å². The molecule has 0 heterocycles. The van der Waals surface area contributed by atoms with Gasteiger partial charge in [-0.05, 0) is 0 Å². The Morgan fingerprint density at radius 3 is 2.00 bits per heavy atom. The third-order valence-corrected chi connectivity index (χ3v) is 1.88. The van der Waals surface area contributed by atoms with Gasteiger partial charge in [0.2, 0.25) is 0 Å². The monoisotopic (exact) mass is 144 g/mol. The van der Waals surface area contributed by atoms with Gasteiger partial charge in [0.1, 0.15) is 5.78 Å². The molecule has 0 bridgehead atoms. The lowest BCUT2D eigenvalue weighted by molar-refractivity contribution is -0.121. The number of ketones is 1. The summed E-state index contributed by atoms with van der Waals surface area (Å²) in [5.74, 6) is 0.588. The van der Waals surface area contributed by atoms with Crippen LogP contribution in [0, 0.1) is 5.92 Å². The van der Waals surface area contributed by atoms with Crippen LogP contribution in [0.4, 0.5) is 0 Å². The molecule has 0 N–H and O–H groups in total. The van der Waals surface area contributed by atoms with Gasteiger partial charge in [0.15, 0.2) is 6.56 Å². The van der Waals surface area contributed by atoms with Crippen molar-refractivity contribution in [3.05, 3.63) is 0 Å². The topological polar surface area (TPSA) is 17.1 Å². The van der Waals surface area contributed by atoms with Crippen LogP contribution in [0.5, 0.6) is 0 Å².